The van der Waals surface area contributed by atoms with Gasteiger partial charge in [-0.1, -0.05) is 0 Å². The number of halogens is 2. The Kier molecular flexibility index (Phi) is 4.77. The highest BCUT2D eigenvalue weighted by molar-refractivity contribution is 5.62. The van der Waals surface area contributed by atoms with Gasteiger partial charge >= 0.3 is 0 Å². The van der Waals surface area contributed by atoms with Crippen LogP contribution >= 0.6 is 0 Å². The second-order valence-corrected chi connectivity index (χ2v) is 4.68. The minimum absolute atomic E-state index is 0.268. The van der Waals surface area contributed by atoms with Gasteiger partial charge in [-0.05, 0) is 20.3 Å². The molecule has 0 spiro atoms. The highest BCUT2D eigenvalue weighted by atomic mass is 19.1. The van der Waals surface area contributed by atoms with Gasteiger partial charge in [0.1, 0.15) is 11.5 Å². The van der Waals surface area contributed by atoms with Crippen molar-refractivity contribution in [1.82, 2.24) is 0 Å². The third-order valence-electron chi connectivity index (χ3n) is 2.81. The first-order chi connectivity index (χ1) is 8.76. The Bertz CT molecular complexity index is 478. The van der Waals surface area contributed by atoms with E-state index >= 15 is 0 Å². The van der Waals surface area contributed by atoms with Crippen LogP contribution in [0.15, 0.2) is 12.1 Å². The van der Waals surface area contributed by atoms with E-state index in [1.165, 1.54) is 0 Å². The molecule has 1 aromatic carbocycles. The predicted octanol–water partition coefficient (Wildman–Crippen LogP) is 3.10. The molecule has 19 heavy (non-hydrogen) atoms. The molecule has 1 aromatic rings. The van der Waals surface area contributed by atoms with Crippen LogP contribution in [0.25, 0.3) is 0 Å². The number of anilines is 1. The van der Waals surface area contributed by atoms with E-state index < -0.39 is 27.8 Å². The van der Waals surface area contributed by atoms with E-state index in [-0.39, 0.29) is 12.2 Å². The molecule has 5 nitrogen and oxygen atoms in total. The number of nitrogens with one attached hydrogen (secondary N) is 1. The molecular weight excluding hydrogens is 258 g/mol. The first-order valence-corrected chi connectivity index (χ1v) is 5.69. The zero-order valence-corrected chi connectivity index (χ0v) is 11.0. The smallest absolute Gasteiger partial charge is 0.298 e. The third kappa shape index (κ3) is 4.13. The maximum atomic E-state index is 13.5. The number of rotatable bonds is 6. The van der Waals surface area contributed by atoms with Gasteiger partial charge in [0.25, 0.3) is 5.69 Å². The number of benzene rings is 1. The summed E-state index contributed by atoms with van der Waals surface area (Å²) in [6, 6.07) is 1.30. The van der Waals surface area contributed by atoms with Crippen molar-refractivity contribution in [2.24, 2.45) is 0 Å². The van der Waals surface area contributed by atoms with Crippen molar-refractivity contribution >= 4 is 11.4 Å². The monoisotopic (exact) mass is 274 g/mol. The SMILES string of the molecule is COC(C)(C)CCNc1c(F)cc(F)cc1[N+](=O)[O-]. The number of hydrogen-bond acceptors (Lipinski definition) is 4. The Morgan fingerprint density at radius 3 is 2.58 bits per heavy atom. The summed E-state index contributed by atoms with van der Waals surface area (Å²) in [5.41, 5.74) is -1.36. The van der Waals surface area contributed by atoms with Crippen LogP contribution < -0.4 is 5.32 Å². The molecule has 1 N–H and O–H groups in total. The van der Waals surface area contributed by atoms with Gasteiger partial charge < -0.3 is 10.1 Å². The summed E-state index contributed by atoms with van der Waals surface area (Å²) in [5.74, 6) is -1.96. The standard InChI is InChI=1S/C12H16F2N2O3/c1-12(2,19-3)4-5-15-11-9(14)6-8(13)7-10(11)16(17)18/h6-7,15H,4-5H2,1-3H3. The van der Waals surface area contributed by atoms with Gasteiger partial charge in [0, 0.05) is 19.7 Å². The number of nitrogens with zero attached hydrogens (tertiary/aromatic N) is 1. The van der Waals surface area contributed by atoms with Crippen LogP contribution in [0.5, 0.6) is 0 Å². The molecule has 106 valence electrons. The first kappa shape index (κ1) is 15.3. The zero-order valence-electron chi connectivity index (χ0n) is 11.0. The van der Waals surface area contributed by atoms with Gasteiger partial charge in [-0.2, -0.15) is 0 Å². The lowest BCUT2D eigenvalue weighted by Crippen LogP contribution is -2.26. The highest BCUT2D eigenvalue weighted by Crippen LogP contribution is 2.29. The average Bonchev–Trinajstić information content (AvgIpc) is 2.31. The number of methoxy groups -OCH3 is 1. The largest absolute Gasteiger partial charge is 0.379 e. The molecule has 0 radical (unpaired) electrons. The molecule has 0 saturated carbocycles. The molecule has 0 saturated heterocycles. The number of ether oxygens (including phenoxy) is 1. The van der Waals surface area contributed by atoms with Gasteiger partial charge in [0.05, 0.1) is 16.6 Å². The molecule has 0 aliphatic rings. The quantitative estimate of drug-likeness (QED) is 0.639. The third-order valence-corrected chi connectivity index (χ3v) is 2.81. The maximum Gasteiger partial charge on any atom is 0.298 e. The Balaban J connectivity index is 2.86. The second kappa shape index (κ2) is 5.92. The van der Waals surface area contributed by atoms with Crippen molar-refractivity contribution in [3.63, 3.8) is 0 Å². The lowest BCUT2D eigenvalue weighted by atomic mass is 10.1. The van der Waals surface area contributed by atoms with Crippen molar-refractivity contribution in [2.45, 2.75) is 25.9 Å². The summed E-state index contributed by atoms with van der Waals surface area (Å²) >= 11 is 0. The Morgan fingerprint density at radius 2 is 2.05 bits per heavy atom. The molecular formula is C12H16F2N2O3. The summed E-state index contributed by atoms with van der Waals surface area (Å²) in [7, 11) is 1.54. The van der Waals surface area contributed by atoms with E-state index in [0.717, 1.165) is 0 Å². The number of nitro groups is 1. The van der Waals surface area contributed by atoms with Crippen LogP contribution in [-0.4, -0.2) is 24.2 Å². The molecule has 0 amide bonds. The van der Waals surface area contributed by atoms with Crippen molar-refractivity contribution < 1.29 is 18.4 Å². The van der Waals surface area contributed by atoms with E-state index in [2.05, 4.69) is 5.32 Å². The topological polar surface area (TPSA) is 64.4 Å². The van der Waals surface area contributed by atoms with Crippen LogP contribution in [0.3, 0.4) is 0 Å². The second-order valence-electron chi connectivity index (χ2n) is 4.68. The van der Waals surface area contributed by atoms with E-state index in [1.54, 1.807) is 7.11 Å². The molecule has 1 rings (SSSR count). The normalized spacial score (nSPS) is 11.4. The summed E-state index contributed by atoms with van der Waals surface area (Å²) in [4.78, 5) is 9.93. The minimum atomic E-state index is -0.984. The van der Waals surface area contributed by atoms with Crippen molar-refractivity contribution in [3.8, 4) is 0 Å². The van der Waals surface area contributed by atoms with Crippen LogP contribution in [0.1, 0.15) is 20.3 Å². The van der Waals surface area contributed by atoms with E-state index in [0.29, 0.717) is 18.6 Å². The molecule has 0 aliphatic heterocycles. The van der Waals surface area contributed by atoms with Crippen molar-refractivity contribution in [3.05, 3.63) is 33.9 Å². The van der Waals surface area contributed by atoms with Crippen molar-refractivity contribution in [1.29, 1.82) is 0 Å². The molecule has 7 heteroatoms. The maximum absolute atomic E-state index is 13.5. The number of hydrogen-bond donors (Lipinski definition) is 1. The summed E-state index contributed by atoms with van der Waals surface area (Å²) in [6.07, 6.45) is 0.511. The summed E-state index contributed by atoms with van der Waals surface area (Å²) in [6.45, 7) is 3.94. The Labute approximate surface area is 109 Å². The molecule has 0 unspecified atom stereocenters. The van der Waals surface area contributed by atoms with Gasteiger partial charge in [-0.3, -0.25) is 10.1 Å². The Hall–Kier alpha value is -1.76. The van der Waals surface area contributed by atoms with Gasteiger partial charge in [0.15, 0.2) is 5.82 Å². The summed E-state index contributed by atoms with van der Waals surface area (Å²) < 4.78 is 31.7. The van der Waals surface area contributed by atoms with Gasteiger partial charge in [-0.25, -0.2) is 8.78 Å². The molecule has 0 aliphatic carbocycles. The van der Waals surface area contributed by atoms with Gasteiger partial charge in [-0.15, -0.1) is 0 Å². The predicted molar refractivity (Wildman–Crippen MR) is 67.2 cm³/mol. The zero-order chi connectivity index (χ0) is 14.6. The van der Waals surface area contributed by atoms with Crippen LogP contribution in [0, 0.1) is 21.7 Å². The molecule has 0 fully saturated rings. The van der Waals surface area contributed by atoms with E-state index in [1.807, 2.05) is 13.8 Å². The minimum Gasteiger partial charge on any atom is -0.379 e. The average molecular weight is 274 g/mol. The molecule has 0 atom stereocenters. The van der Waals surface area contributed by atoms with Crippen molar-refractivity contribution in [2.75, 3.05) is 19.0 Å². The lowest BCUT2D eigenvalue weighted by Gasteiger charge is -2.23. The van der Waals surface area contributed by atoms with Crippen LogP contribution in [0.4, 0.5) is 20.2 Å². The fourth-order valence-electron chi connectivity index (χ4n) is 1.47. The van der Waals surface area contributed by atoms with Crippen LogP contribution in [-0.2, 0) is 4.74 Å². The fraction of sp³-hybridized carbons (Fsp3) is 0.500. The van der Waals surface area contributed by atoms with Crippen LogP contribution in [0.2, 0.25) is 0 Å². The molecule has 0 bridgehead atoms. The molecule has 0 heterocycles. The van der Waals surface area contributed by atoms with E-state index in [9.17, 15) is 18.9 Å². The first-order valence-electron chi connectivity index (χ1n) is 5.69. The van der Waals surface area contributed by atoms with Gasteiger partial charge in [0.2, 0.25) is 0 Å². The van der Waals surface area contributed by atoms with E-state index in [4.69, 9.17) is 4.74 Å². The lowest BCUT2D eigenvalue weighted by molar-refractivity contribution is -0.384. The number of nitro benzene ring substituents is 1. The molecule has 0 aromatic heterocycles. The summed E-state index contributed by atoms with van der Waals surface area (Å²) in [5, 5.41) is 13.4. The Morgan fingerprint density at radius 1 is 1.42 bits per heavy atom. The highest BCUT2D eigenvalue weighted by Gasteiger charge is 2.21. The fourth-order valence-corrected chi connectivity index (χ4v) is 1.47.